The van der Waals surface area contributed by atoms with Gasteiger partial charge in [-0.15, -0.1) is 0 Å². The largest absolute Gasteiger partial charge is 0.489 e. The lowest BCUT2D eigenvalue weighted by atomic mass is 10.2. The number of nitrogens with one attached hydrogen (secondary N) is 1. The normalized spacial score (nSPS) is 12.0. The lowest BCUT2D eigenvalue weighted by molar-refractivity contribution is -0.126. The van der Waals surface area contributed by atoms with Gasteiger partial charge in [0.2, 0.25) is 6.10 Å². The molecule has 0 aromatic heterocycles. The van der Waals surface area contributed by atoms with Crippen LogP contribution < -0.4 is 20.5 Å². The standard InChI is InChI=1S/C24H25N3O4/c1-18(31-27-23(25)17-30-21-10-6-3-7-11-21)24(28)26-20-12-14-22(15-13-20)29-16-19-8-4-2-5-9-19/h2-15,18H,16-17H2,1H3,(H2,25,27)(H,26,28). The van der Waals surface area contributed by atoms with Gasteiger partial charge >= 0.3 is 0 Å². The van der Waals surface area contributed by atoms with E-state index in [-0.39, 0.29) is 18.3 Å². The summed E-state index contributed by atoms with van der Waals surface area (Å²) in [6.45, 7) is 2.12. The molecule has 3 rings (SSSR count). The zero-order valence-corrected chi connectivity index (χ0v) is 17.2. The van der Waals surface area contributed by atoms with Gasteiger partial charge in [0, 0.05) is 5.69 Å². The fourth-order valence-corrected chi connectivity index (χ4v) is 2.51. The molecule has 1 unspecified atom stereocenters. The number of amides is 1. The second-order valence-electron chi connectivity index (χ2n) is 6.72. The van der Waals surface area contributed by atoms with Crippen molar-refractivity contribution < 1.29 is 19.1 Å². The molecule has 3 aromatic carbocycles. The first-order valence-electron chi connectivity index (χ1n) is 9.84. The van der Waals surface area contributed by atoms with Gasteiger partial charge in [0.05, 0.1) is 0 Å². The molecule has 0 aliphatic heterocycles. The van der Waals surface area contributed by atoms with Gasteiger partial charge in [-0.05, 0) is 48.9 Å². The van der Waals surface area contributed by atoms with Crippen molar-refractivity contribution in [1.82, 2.24) is 0 Å². The molecule has 1 amide bonds. The number of oxime groups is 1. The van der Waals surface area contributed by atoms with Crippen LogP contribution in [0.25, 0.3) is 0 Å². The van der Waals surface area contributed by atoms with Gasteiger partial charge in [-0.1, -0.05) is 53.7 Å². The Morgan fingerprint density at radius 2 is 1.52 bits per heavy atom. The second kappa shape index (κ2) is 11.3. The quantitative estimate of drug-likeness (QED) is 0.295. The van der Waals surface area contributed by atoms with Gasteiger partial charge in [0.15, 0.2) is 5.84 Å². The Morgan fingerprint density at radius 1 is 0.903 bits per heavy atom. The first kappa shape index (κ1) is 21.7. The SMILES string of the molecule is CC(O/N=C(/N)COc1ccccc1)C(=O)Nc1ccc(OCc2ccccc2)cc1. The predicted molar refractivity (Wildman–Crippen MR) is 120 cm³/mol. The van der Waals surface area contributed by atoms with Crippen LogP contribution in [0, 0.1) is 0 Å². The fourth-order valence-electron chi connectivity index (χ4n) is 2.51. The monoisotopic (exact) mass is 419 g/mol. The van der Waals surface area contributed by atoms with Gasteiger partial charge in [-0.3, -0.25) is 4.79 Å². The summed E-state index contributed by atoms with van der Waals surface area (Å²) in [5.41, 5.74) is 7.47. The van der Waals surface area contributed by atoms with Crippen molar-refractivity contribution in [1.29, 1.82) is 0 Å². The zero-order valence-electron chi connectivity index (χ0n) is 17.2. The average Bonchev–Trinajstić information content (AvgIpc) is 2.82. The van der Waals surface area contributed by atoms with Gasteiger partial charge in [0.25, 0.3) is 5.91 Å². The van der Waals surface area contributed by atoms with Gasteiger partial charge in [0.1, 0.15) is 24.7 Å². The molecule has 3 aromatic rings. The van der Waals surface area contributed by atoms with E-state index in [1.54, 1.807) is 31.2 Å². The van der Waals surface area contributed by atoms with Crippen molar-refractivity contribution in [3.8, 4) is 11.5 Å². The van der Waals surface area contributed by atoms with Crippen LogP contribution in [0.1, 0.15) is 12.5 Å². The van der Waals surface area contributed by atoms with E-state index >= 15 is 0 Å². The van der Waals surface area contributed by atoms with Crippen LogP contribution in [-0.4, -0.2) is 24.5 Å². The number of anilines is 1. The third-order valence-electron chi connectivity index (χ3n) is 4.20. The lowest BCUT2D eigenvalue weighted by Gasteiger charge is -2.12. The number of carbonyl (C=O) groups is 1. The van der Waals surface area contributed by atoms with Gasteiger partial charge in [-0.2, -0.15) is 0 Å². The summed E-state index contributed by atoms with van der Waals surface area (Å²) in [4.78, 5) is 17.5. The highest BCUT2D eigenvalue weighted by atomic mass is 16.6. The zero-order chi connectivity index (χ0) is 21.9. The highest BCUT2D eigenvalue weighted by Crippen LogP contribution is 2.17. The number of nitrogens with zero attached hydrogens (tertiary/aromatic N) is 1. The van der Waals surface area contributed by atoms with Crippen LogP contribution in [-0.2, 0) is 16.2 Å². The Kier molecular flexibility index (Phi) is 7.88. The van der Waals surface area contributed by atoms with Crippen molar-refractivity contribution in [2.45, 2.75) is 19.6 Å². The molecule has 0 spiro atoms. The Morgan fingerprint density at radius 3 is 2.19 bits per heavy atom. The number of rotatable bonds is 10. The lowest BCUT2D eigenvalue weighted by Crippen LogP contribution is -2.28. The predicted octanol–water partition coefficient (Wildman–Crippen LogP) is 3.96. The maximum Gasteiger partial charge on any atom is 0.267 e. The number of benzene rings is 3. The summed E-state index contributed by atoms with van der Waals surface area (Å²) in [7, 11) is 0. The molecule has 0 heterocycles. The highest BCUT2D eigenvalue weighted by molar-refractivity contribution is 5.94. The molecule has 0 aliphatic carbocycles. The van der Waals surface area contributed by atoms with Crippen LogP contribution >= 0.6 is 0 Å². The van der Waals surface area contributed by atoms with Crippen molar-refractivity contribution in [2.75, 3.05) is 11.9 Å². The molecule has 7 heteroatoms. The van der Waals surface area contributed by atoms with Crippen molar-refractivity contribution >= 4 is 17.4 Å². The molecule has 0 fully saturated rings. The molecule has 7 nitrogen and oxygen atoms in total. The number of amidine groups is 1. The van der Waals surface area contributed by atoms with E-state index in [2.05, 4.69) is 10.5 Å². The molecule has 1 atom stereocenters. The van der Waals surface area contributed by atoms with Crippen LogP contribution in [0.4, 0.5) is 5.69 Å². The van der Waals surface area contributed by atoms with E-state index in [0.717, 1.165) is 5.56 Å². The van der Waals surface area contributed by atoms with Crippen molar-refractivity contribution in [3.05, 3.63) is 90.5 Å². The molecule has 0 saturated heterocycles. The van der Waals surface area contributed by atoms with E-state index in [1.165, 1.54) is 0 Å². The minimum atomic E-state index is -0.829. The molecular weight excluding hydrogens is 394 g/mol. The van der Waals surface area contributed by atoms with E-state index in [0.29, 0.717) is 23.8 Å². The fraction of sp³-hybridized carbons (Fsp3) is 0.167. The molecule has 0 saturated carbocycles. The molecule has 3 N–H and O–H groups in total. The number of para-hydroxylation sites is 1. The van der Waals surface area contributed by atoms with E-state index < -0.39 is 6.10 Å². The maximum absolute atomic E-state index is 12.3. The summed E-state index contributed by atoms with van der Waals surface area (Å²) < 4.78 is 11.2. The minimum absolute atomic E-state index is 0.0583. The molecular formula is C24H25N3O4. The van der Waals surface area contributed by atoms with E-state index in [9.17, 15) is 4.79 Å². The summed E-state index contributed by atoms with van der Waals surface area (Å²) >= 11 is 0. The molecule has 31 heavy (non-hydrogen) atoms. The Balaban J connectivity index is 1.42. The summed E-state index contributed by atoms with van der Waals surface area (Å²) in [5.74, 6) is 1.16. The second-order valence-corrected chi connectivity index (χ2v) is 6.72. The molecule has 0 bridgehead atoms. The smallest absolute Gasteiger partial charge is 0.267 e. The topological polar surface area (TPSA) is 95.2 Å². The number of hydrogen-bond donors (Lipinski definition) is 2. The third kappa shape index (κ3) is 7.40. The molecule has 0 aliphatic rings. The van der Waals surface area contributed by atoms with E-state index in [4.69, 9.17) is 20.0 Å². The molecule has 0 radical (unpaired) electrons. The Labute approximate surface area is 181 Å². The highest BCUT2D eigenvalue weighted by Gasteiger charge is 2.15. The van der Waals surface area contributed by atoms with Crippen molar-refractivity contribution in [3.63, 3.8) is 0 Å². The number of carbonyl (C=O) groups excluding carboxylic acids is 1. The van der Waals surface area contributed by atoms with Gasteiger partial charge < -0.3 is 25.4 Å². The van der Waals surface area contributed by atoms with Crippen LogP contribution in [0.5, 0.6) is 11.5 Å². The summed E-state index contributed by atoms with van der Waals surface area (Å²) in [5, 5.41) is 6.52. The van der Waals surface area contributed by atoms with Gasteiger partial charge in [-0.25, -0.2) is 0 Å². The van der Waals surface area contributed by atoms with Crippen LogP contribution in [0.3, 0.4) is 0 Å². The van der Waals surface area contributed by atoms with Crippen LogP contribution in [0.2, 0.25) is 0 Å². The van der Waals surface area contributed by atoms with E-state index in [1.807, 2.05) is 60.7 Å². The maximum atomic E-state index is 12.3. The number of ether oxygens (including phenoxy) is 2. The Hall–Kier alpha value is -4.00. The number of nitrogens with two attached hydrogens (primary N) is 1. The van der Waals surface area contributed by atoms with Crippen LogP contribution in [0.15, 0.2) is 90.1 Å². The summed E-state index contributed by atoms with van der Waals surface area (Å²) in [6, 6.07) is 26.2. The minimum Gasteiger partial charge on any atom is -0.489 e. The first-order valence-corrected chi connectivity index (χ1v) is 9.84. The Bertz CT molecular complexity index is 977. The average molecular weight is 419 g/mol. The third-order valence-corrected chi connectivity index (χ3v) is 4.20. The van der Waals surface area contributed by atoms with Crippen molar-refractivity contribution in [2.24, 2.45) is 10.9 Å². The first-order chi connectivity index (χ1) is 15.1. The summed E-state index contributed by atoms with van der Waals surface area (Å²) in [6.07, 6.45) is -0.829. The number of hydrogen-bond acceptors (Lipinski definition) is 5. The molecule has 160 valence electrons.